The number of aliphatic imine (C=N–C) groups is 2. The lowest BCUT2D eigenvalue weighted by atomic mass is 9.99. The van der Waals surface area contributed by atoms with E-state index in [4.69, 9.17) is 5.11 Å². The molecule has 3 rings (SSSR count). The molecule has 2 aromatic rings. The second-order valence-corrected chi connectivity index (χ2v) is 7.99. The molecule has 0 bridgehead atoms. The first-order valence-corrected chi connectivity index (χ1v) is 10.1. The zero-order chi connectivity index (χ0) is 20.1. The topological polar surface area (TPSA) is 69.3 Å². The van der Waals surface area contributed by atoms with Crippen molar-refractivity contribution >= 4 is 55.3 Å². The predicted octanol–water partition coefficient (Wildman–Crippen LogP) is 4.33. The van der Waals surface area contributed by atoms with Crippen LogP contribution in [0.3, 0.4) is 0 Å². The molecule has 1 aliphatic heterocycles. The van der Waals surface area contributed by atoms with E-state index in [1.165, 1.54) is 18.2 Å². The van der Waals surface area contributed by atoms with E-state index in [0.29, 0.717) is 23.5 Å². The molecule has 0 aromatic heterocycles. The molecule has 1 aliphatic rings. The Balaban J connectivity index is 1.98. The maximum absolute atomic E-state index is 14.4. The van der Waals surface area contributed by atoms with Gasteiger partial charge in [-0.15, -0.1) is 0 Å². The van der Waals surface area contributed by atoms with Crippen molar-refractivity contribution in [1.29, 1.82) is 0 Å². The first kappa shape index (κ1) is 20.8. The Morgan fingerprint density at radius 2 is 2.00 bits per heavy atom. The summed E-state index contributed by atoms with van der Waals surface area (Å²) in [7, 11) is 0. The van der Waals surface area contributed by atoms with Crippen LogP contribution in [0, 0.1) is 11.6 Å². The van der Waals surface area contributed by atoms with Crippen LogP contribution in [0.2, 0.25) is 0 Å². The van der Waals surface area contributed by atoms with Crippen molar-refractivity contribution in [1.82, 2.24) is 5.43 Å². The van der Waals surface area contributed by atoms with Crippen LogP contribution in [0.15, 0.2) is 56.0 Å². The van der Waals surface area contributed by atoms with E-state index < -0.39 is 11.6 Å². The van der Waals surface area contributed by atoms with Gasteiger partial charge < -0.3 is 5.11 Å². The van der Waals surface area contributed by atoms with E-state index in [0.717, 1.165) is 4.47 Å². The van der Waals surface area contributed by atoms with E-state index in [9.17, 15) is 8.78 Å². The number of hydrogen-bond donors (Lipinski definition) is 2. The molecular formula is C19H16Br2F2N4O. The molecule has 0 radical (unpaired) electrons. The summed E-state index contributed by atoms with van der Waals surface area (Å²) in [6, 6.07) is 8.95. The number of hydrogen-bond acceptors (Lipinski definition) is 5. The van der Waals surface area contributed by atoms with Gasteiger partial charge in [-0.25, -0.2) is 13.8 Å². The zero-order valence-corrected chi connectivity index (χ0v) is 17.7. The molecule has 1 atom stereocenters. The summed E-state index contributed by atoms with van der Waals surface area (Å²) in [6.45, 7) is 0.103. The third-order valence-electron chi connectivity index (χ3n) is 3.89. The van der Waals surface area contributed by atoms with Gasteiger partial charge in [-0.3, -0.25) is 10.4 Å². The van der Waals surface area contributed by atoms with Gasteiger partial charge >= 0.3 is 0 Å². The Kier molecular flexibility index (Phi) is 7.03. The van der Waals surface area contributed by atoms with E-state index in [2.05, 4.69) is 52.4 Å². The lowest BCUT2D eigenvalue weighted by Crippen LogP contribution is -2.21. The number of nitrogens with zero attached hydrogens (tertiary/aromatic N) is 3. The third kappa shape index (κ3) is 4.89. The van der Waals surface area contributed by atoms with Crippen LogP contribution < -0.4 is 5.43 Å². The Bertz CT molecular complexity index is 943. The smallest absolute Gasteiger partial charge is 0.144 e. The number of aliphatic hydroxyl groups excluding tert-OH is 1. The van der Waals surface area contributed by atoms with Crippen molar-refractivity contribution in [2.45, 2.75) is 11.2 Å². The molecule has 146 valence electrons. The minimum atomic E-state index is -0.687. The van der Waals surface area contributed by atoms with Gasteiger partial charge in [-0.1, -0.05) is 37.9 Å². The molecule has 9 heteroatoms. The summed E-state index contributed by atoms with van der Waals surface area (Å²) in [6.07, 6.45) is 2.11. The third-order valence-corrected chi connectivity index (χ3v) is 5.08. The van der Waals surface area contributed by atoms with Crippen LogP contribution in [-0.4, -0.2) is 40.8 Å². The molecule has 0 fully saturated rings. The zero-order valence-electron chi connectivity index (χ0n) is 14.5. The average Bonchev–Trinajstić information content (AvgIpc) is 2.81. The maximum Gasteiger partial charge on any atom is 0.144 e. The molecule has 28 heavy (non-hydrogen) atoms. The molecule has 1 heterocycles. The van der Waals surface area contributed by atoms with E-state index >= 15 is 0 Å². The minimum absolute atomic E-state index is 0.0339. The van der Waals surface area contributed by atoms with Crippen LogP contribution >= 0.6 is 31.9 Å². The molecule has 0 saturated heterocycles. The molecule has 5 nitrogen and oxygen atoms in total. The Labute approximate surface area is 177 Å². The number of aliphatic hydroxyl groups is 1. The fourth-order valence-electron chi connectivity index (χ4n) is 2.61. The highest BCUT2D eigenvalue weighted by atomic mass is 79.9. The molecule has 2 N–H and O–H groups in total. The fourth-order valence-corrected chi connectivity index (χ4v) is 3.28. The fraction of sp³-hybridized carbons (Fsp3) is 0.211. The van der Waals surface area contributed by atoms with Gasteiger partial charge in [0.1, 0.15) is 17.5 Å². The SMILES string of the molecule is OCCC(Br)C=NNC1=Nc2cc(Br)ccc2C(c2c(F)cccc2F)=NC1. The van der Waals surface area contributed by atoms with Crippen molar-refractivity contribution in [3.8, 4) is 0 Å². The number of fused-ring (bicyclic) bond motifs is 1. The summed E-state index contributed by atoms with van der Waals surface area (Å²) in [5.74, 6) is -0.951. The van der Waals surface area contributed by atoms with Crippen molar-refractivity contribution in [3.63, 3.8) is 0 Å². The van der Waals surface area contributed by atoms with Crippen molar-refractivity contribution < 1.29 is 13.9 Å². The second-order valence-electron chi connectivity index (χ2n) is 5.90. The number of rotatable bonds is 5. The molecule has 0 amide bonds. The Morgan fingerprint density at radius 1 is 1.25 bits per heavy atom. The van der Waals surface area contributed by atoms with Gasteiger partial charge in [0.05, 0.1) is 28.3 Å². The number of halogens is 4. The predicted molar refractivity (Wildman–Crippen MR) is 114 cm³/mol. The maximum atomic E-state index is 14.4. The van der Waals surface area contributed by atoms with Gasteiger partial charge in [0.25, 0.3) is 0 Å². The summed E-state index contributed by atoms with van der Waals surface area (Å²) >= 11 is 6.76. The lowest BCUT2D eigenvalue weighted by Gasteiger charge is -2.10. The van der Waals surface area contributed by atoms with Gasteiger partial charge in [0.2, 0.25) is 0 Å². The highest BCUT2D eigenvalue weighted by Crippen LogP contribution is 2.30. The van der Waals surface area contributed by atoms with E-state index in [1.54, 1.807) is 24.4 Å². The van der Waals surface area contributed by atoms with Crippen molar-refractivity contribution in [3.05, 3.63) is 63.6 Å². The first-order valence-electron chi connectivity index (χ1n) is 8.40. The Hall–Kier alpha value is -1.97. The minimum Gasteiger partial charge on any atom is -0.396 e. The van der Waals surface area contributed by atoms with Gasteiger partial charge in [0, 0.05) is 22.9 Å². The van der Waals surface area contributed by atoms with Crippen LogP contribution in [0.25, 0.3) is 0 Å². The molecule has 0 saturated carbocycles. The Morgan fingerprint density at radius 3 is 2.71 bits per heavy atom. The van der Waals surface area contributed by atoms with E-state index in [-0.39, 0.29) is 29.3 Å². The first-order chi connectivity index (χ1) is 13.5. The summed E-state index contributed by atoms with van der Waals surface area (Å²) in [5.41, 5.74) is 3.85. The second kappa shape index (κ2) is 9.49. The average molecular weight is 514 g/mol. The quantitative estimate of drug-likeness (QED) is 0.355. The summed E-state index contributed by atoms with van der Waals surface area (Å²) in [5, 5.41) is 13.0. The van der Waals surface area contributed by atoms with Crippen LogP contribution in [-0.2, 0) is 0 Å². The highest BCUT2D eigenvalue weighted by Gasteiger charge is 2.22. The normalized spacial score (nSPS) is 14.9. The van der Waals surface area contributed by atoms with Gasteiger partial charge in [-0.2, -0.15) is 5.10 Å². The number of nitrogens with one attached hydrogen (secondary N) is 1. The number of hydrazone groups is 1. The van der Waals surface area contributed by atoms with E-state index in [1.807, 2.05) is 0 Å². The van der Waals surface area contributed by atoms with Crippen LogP contribution in [0.1, 0.15) is 17.5 Å². The lowest BCUT2D eigenvalue weighted by molar-refractivity contribution is 0.293. The standard InChI is InChI=1S/C19H16Br2F2N4O/c20-11-4-5-13-16(8-11)26-17(27-25-9-12(21)6-7-28)10-24-19(13)18-14(22)2-1-3-15(18)23/h1-5,8-9,12,28H,6-7,10H2,(H,26,27). The molecule has 1 unspecified atom stereocenters. The van der Waals surface area contributed by atoms with Crippen molar-refractivity contribution in [2.24, 2.45) is 15.1 Å². The number of amidine groups is 1. The monoisotopic (exact) mass is 512 g/mol. The van der Waals surface area contributed by atoms with Crippen molar-refractivity contribution in [2.75, 3.05) is 13.2 Å². The number of alkyl halides is 1. The van der Waals surface area contributed by atoms with Gasteiger partial charge in [0.15, 0.2) is 0 Å². The summed E-state index contributed by atoms with van der Waals surface area (Å²) in [4.78, 5) is 8.83. The number of benzene rings is 2. The molecule has 0 aliphatic carbocycles. The highest BCUT2D eigenvalue weighted by molar-refractivity contribution is 9.10. The van der Waals surface area contributed by atoms with Gasteiger partial charge in [-0.05, 0) is 36.8 Å². The van der Waals surface area contributed by atoms with Crippen LogP contribution in [0.5, 0.6) is 0 Å². The summed E-state index contributed by atoms with van der Waals surface area (Å²) < 4.78 is 29.5. The molecular weight excluding hydrogens is 498 g/mol. The van der Waals surface area contributed by atoms with Crippen LogP contribution in [0.4, 0.5) is 14.5 Å². The largest absolute Gasteiger partial charge is 0.396 e. The molecule has 2 aromatic carbocycles. The molecule has 0 spiro atoms.